The maximum atomic E-state index is 10.6. The lowest BCUT2D eigenvalue weighted by atomic mass is 9.92. The Labute approximate surface area is 75.5 Å². The number of nitrogens with zero attached hydrogens (tertiary/aromatic N) is 1. The maximum Gasteiger partial charge on any atom is 0.303 e. The normalized spacial score (nSPS) is 25.9. The molecule has 0 radical (unpaired) electrons. The number of hydrogen-bond acceptors (Lipinski definition) is 3. The molecule has 70 valence electrons. The molecule has 0 saturated heterocycles. The van der Waals surface area contributed by atoms with Gasteiger partial charge in [-0.05, 0) is 5.92 Å². The molecule has 2 rings (SSSR count). The van der Waals surface area contributed by atoms with Gasteiger partial charge in [-0.3, -0.25) is 4.79 Å². The second-order valence-electron chi connectivity index (χ2n) is 3.59. The van der Waals surface area contributed by atoms with E-state index in [9.17, 15) is 4.79 Å². The number of carbonyl (C=O) groups is 1. The van der Waals surface area contributed by atoms with Crippen molar-refractivity contribution in [1.29, 1.82) is 0 Å². The van der Waals surface area contributed by atoms with Crippen LogP contribution in [-0.2, 0) is 11.2 Å². The first-order chi connectivity index (χ1) is 6.18. The molecule has 0 bridgehead atoms. The zero-order valence-electron chi connectivity index (χ0n) is 7.36. The van der Waals surface area contributed by atoms with Crippen LogP contribution in [0.25, 0.3) is 0 Å². The highest BCUT2D eigenvalue weighted by Crippen LogP contribution is 2.39. The molecule has 0 aliphatic heterocycles. The van der Waals surface area contributed by atoms with Crippen molar-refractivity contribution < 1.29 is 14.4 Å². The summed E-state index contributed by atoms with van der Waals surface area (Å²) in [5, 5.41) is 12.4. The molecule has 0 aromatic carbocycles. The number of carboxylic acids is 1. The van der Waals surface area contributed by atoms with E-state index >= 15 is 0 Å². The molecule has 0 fully saturated rings. The minimum absolute atomic E-state index is 0.0822. The molecule has 4 heteroatoms. The van der Waals surface area contributed by atoms with Crippen LogP contribution in [0.4, 0.5) is 0 Å². The lowest BCUT2D eigenvalue weighted by Gasteiger charge is -2.11. The first-order valence-corrected chi connectivity index (χ1v) is 4.33. The zero-order chi connectivity index (χ0) is 9.42. The molecule has 2 atom stereocenters. The first-order valence-electron chi connectivity index (χ1n) is 4.33. The topological polar surface area (TPSA) is 63.3 Å². The van der Waals surface area contributed by atoms with Gasteiger partial charge in [-0.2, -0.15) is 0 Å². The van der Waals surface area contributed by atoms with E-state index < -0.39 is 5.97 Å². The van der Waals surface area contributed by atoms with Crippen LogP contribution < -0.4 is 0 Å². The van der Waals surface area contributed by atoms with Gasteiger partial charge in [0, 0.05) is 17.9 Å². The van der Waals surface area contributed by atoms with Crippen molar-refractivity contribution in [3.8, 4) is 0 Å². The lowest BCUT2D eigenvalue weighted by molar-refractivity contribution is -0.137. The summed E-state index contributed by atoms with van der Waals surface area (Å²) in [6.07, 6.45) is 2.63. The second-order valence-corrected chi connectivity index (χ2v) is 3.59. The molecular formula is C9H11NO3. The molecule has 13 heavy (non-hydrogen) atoms. The lowest BCUT2D eigenvalue weighted by Crippen LogP contribution is -2.09. The smallest absolute Gasteiger partial charge is 0.303 e. The molecular weight excluding hydrogens is 170 g/mol. The molecule has 0 spiro atoms. The van der Waals surface area contributed by atoms with Gasteiger partial charge < -0.3 is 9.63 Å². The van der Waals surface area contributed by atoms with Crippen molar-refractivity contribution in [3.05, 3.63) is 17.5 Å². The summed E-state index contributed by atoms with van der Waals surface area (Å²) in [6, 6.07) is 0. The average molecular weight is 181 g/mol. The molecule has 0 saturated carbocycles. The number of hydrogen-bond donors (Lipinski definition) is 1. The van der Waals surface area contributed by atoms with Crippen molar-refractivity contribution in [1.82, 2.24) is 5.16 Å². The summed E-state index contributed by atoms with van der Waals surface area (Å²) in [5.74, 6) is 0.538. The number of rotatable bonds is 2. The van der Waals surface area contributed by atoms with E-state index in [4.69, 9.17) is 9.63 Å². The summed E-state index contributed by atoms with van der Waals surface area (Å²) in [6.45, 7) is 2.04. The van der Waals surface area contributed by atoms with Gasteiger partial charge in [0.25, 0.3) is 0 Å². The van der Waals surface area contributed by atoms with Gasteiger partial charge in [0.2, 0.25) is 0 Å². The van der Waals surface area contributed by atoms with E-state index in [0.717, 1.165) is 17.7 Å². The first kappa shape index (κ1) is 8.29. The van der Waals surface area contributed by atoms with Crippen molar-refractivity contribution in [2.45, 2.75) is 25.7 Å². The van der Waals surface area contributed by atoms with Crippen LogP contribution in [0.5, 0.6) is 0 Å². The predicted octanol–water partition coefficient (Wildman–Crippen LogP) is 1.43. The fraction of sp³-hybridized carbons (Fsp3) is 0.556. The van der Waals surface area contributed by atoms with Crippen LogP contribution in [0.15, 0.2) is 10.7 Å². The van der Waals surface area contributed by atoms with E-state index in [1.54, 1.807) is 6.20 Å². The Hall–Kier alpha value is -1.32. The fourth-order valence-electron chi connectivity index (χ4n) is 1.97. The fourth-order valence-corrected chi connectivity index (χ4v) is 1.97. The molecule has 1 aliphatic carbocycles. The Balaban J connectivity index is 2.24. The SMILES string of the molecule is CC1Cc2oncc2C1CC(=O)O. The van der Waals surface area contributed by atoms with Crippen molar-refractivity contribution >= 4 is 5.97 Å². The third-order valence-electron chi connectivity index (χ3n) is 2.66. The summed E-state index contributed by atoms with van der Waals surface area (Å²) in [7, 11) is 0. The van der Waals surface area contributed by atoms with Crippen molar-refractivity contribution in [2.24, 2.45) is 5.92 Å². The van der Waals surface area contributed by atoms with Gasteiger partial charge in [0.05, 0.1) is 12.6 Å². The Bertz CT molecular complexity index is 331. The Morgan fingerprint density at radius 2 is 2.62 bits per heavy atom. The number of aromatic nitrogens is 1. The molecule has 2 unspecified atom stereocenters. The van der Waals surface area contributed by atoms with Crippen LogP contribution >= 0.6 is 0 Å². The molecule has 0 amide bonds. The van der Waals surface area contributed by atoms with Crippen LogP contribution in [0.2, 0.25) is 0 Å². The molecule has 1 heterocycles. The Kier molecular flexibility index (Phi) is 1.83. The van der Waals surface area contributed by atoms with E-state index in [1.165, 1.54) is 0 Å². The molecule has 1 N–H and O–H groups in total. The summed E-state index contributed by atoms with van der Waals surface area (Å²) >= 11 is 0. The summed E-state index contributed by atoms with van der Waals surface area (Å²) in [4.78, 5) is 10.6. The van der Waals surface area contributed by atoms with Crippen molar-refractivity contribution in [3.63, 3.8) is 0 Å². The van der Waals surface area contributed by atoms with E-state index in [-0.39, 0.29) is 12.3 Å². The van der Waals surface area contributed by atoms with Gasteiger partial charge in [-0.15, -0.1) is 0 Å². The maximum absolute atomic E-state index is 10.6. The molecule has 4 nitrogen and oxygen atoms in total. The largest absolute Gasteiger partial charge is 0.481 e. The second kappa shape index (κ2) is 2.87. The van der Waals surface area contributed by atoms with Crippen molar-refractivity contribution in [2.75, 3.05) is 0 Å². The Morgan fingerprint density at radius 1 is 1.85 bits per heavy atom. The third-order valence-corrected chi connectivity index (χ3v) is 2.66. The van der Waals surface area contributed by atoms with E-state index in [1.807, 2.05) is 6.92 Å². The Morgan fingerprint density at radius 3 is 3.31 bits per heavy atom. The highest BCUT2D eigenvalue weighted by Gasteiger charge is 2.34. The minimum atomic E-state index is -0.758. The van der Waals surface area contributed by atoms with Crippen LogP contribution in [0.1, 0.15) is 30.6 Å². The quantitative estimate of drug-likeness (QED) is 0.749. The van der Waals surface area contributed by atoms with Crippen LogP contribution in [0.3, 0.4) is 0 Å². The standard InChI is InChI=1S/C9H11NO3/c1-5-2-8-7(4-10-13-8)6(5)3-9(11)12/h4-6H,2-3H2,1H3,(H,11,12). The highest BCUT2D eigenvalue weighted by molar-refractivity contribution is 5.68. The molecule has 1 aromatic rings. The number of aliphatic carboxylic acids is 1. The summed E-state index contributed by atoms with van der Waals surface area (Å²) < 4.78 is 5.02. The summed E-state index contributed by atoms with van der Waals surface area (Å²) in [5.41, 5.74) is 0.981. The minimum Gasteiger partial charge on any atom is -0.481 e. The van der Waals surface area contributed by atoms with Crippen LogP contribution in [0, 0.1) is 5.92 Å². The molecule has 1 aromatic heterocycles. The highest BCUT2D eigenvalue weighted by atomic mass is 16.5. The van der Waals surface area contributed by atoms with E-state index in [0.29, 0.717) is 5.92 Å². The molecule has 1 aliphatic rings. The average Bonchev–Trinajstić information content (AvgIpc) is 2.55. The predicted molar refractivity (Wildman–Crippen MR) is 44.4 cm³/mol. The van der Waals surface area contributed by atoms with Gasteiger partial charge in [0.15, 0.2) is 0 Å². The number of fused-ring (bicyclic) bond motifs is 1. The van der Waals surface area contributed by atoms with Gasteiger partial charge in [0.1, 0.15) is 5.76 Å². The number of carboxylic acid groups (broad SMARTS) is 1. The monoisotopic (exact) mass is 181 g/mol. The third kappa shape index (κ3) is 1.32. The van der Waals surface area contributed by atoms with Gasteiger partial charge >= 0.3 is 5.97 Å². The zero-order valence-corrected chi connectivity index (χ0v) is 7.36. The van der Waals surface area contributed by atoms with Crippen LogP contribution in [-0.4, -0.2) is 16.2 Å². The van der Waals surface area contributed by atoms with E-state index in [2.05, 4.69) is 5.16 Å². The van der Waals surface area contributed by atoms with Gasteiger partial charge in [-0.1, -0.05) is 12.1 Å². The van der Waals surface area contributed by atoms with Gasteiger partial charge in [-0.25, -0.2) is 0 Å².